The van der Waals surface area contributed by atoms with E-state index in [1.807, 2.05) is 19.2 Å². The van der Waals surface area contributed by atoms with E-state index in [1.165, 1.54) is 12.1 Å². The number of rotatable bonds is 7. The van der Waals surface area contributed by atoms with Gasteiger partial charge < -0.3 is 15.1 Å². The Bertz CT molecular complexity index is 733. The minimum Gasteiger partial charge on any atom is -0.354 e. The molecule has 0 aromatic carbocycles. The lowest BCUT2D eigenvalue weighted by atomic mass is 9.72. The quantitative estimate of drug-likeness (QED) is 0.757. The molecule has 7 heteroatoms. The van der Waals surface area contributed by atoms with Crippen LogP contribution in [0.5, 0.6) is 0 Å². The summed E-state index contributed by atoms with van der Waals surface area (Å²) >= 11 is 0. The number of amides is 2. The molecular formula is C22H35N5O2. The molecule has 4 rings (SSSR count). The molecule has 1 aromatic rings. The lowest BCUT2D eigenvalue weighted by Crippen LogP contribution is -2.67. The first kappa shape index (κ1) is 20.4. The number of nitrogens with zero attached hydrogens (tertiary/aromatic N) is 4. The second-order valence-corrected chi connectivity index (χ2v) is 9.09. The van der Waals surface area contributed by atoms with Crippen molar-refractivity contribution in [2.75, 3.05) is 26.2 Å². The fraction of sp³-hybridized carbons (Fsp3) is 0.773. The molecule has 3 aliphatic rings. The summed E-state index contributed by atoms with van der Waals surface area (Å²) in [4.78, 5) is 29.7. The lowest BCUT2D eigenvalue weighted by Gasteiger charge is -2.56. The largest absolute Gasteiger partial charge is 0.354 e. The third-order valence-electron chi connectivity index (χ3n) is 7.11. The molecule has 2 bridgehead atoms. The average molecular weight is 402 g/mol. The molecule has 1 N–H and O–H groups in total. The van der Waals surface area contributed by atoms with Gasteiger partial charge in [0.2, 0.25) is 11.8 Å². The monoisotopic (exact) mass is 401 g/mol. The maximum atomic E-state index is 12.8. The summed E-state index contributed by atoms with van der Waals surface area (Å²) in [5.74, 6) is 1.40. The van der Waals surface area contributed by atoms with Gasteiger partial charge in [-0.05, 0) is 50.5 Å². The molecule has 3 saturated heterocycles. The van der Waals surface area contributed by atoms with Gasteiger partial charge in [-0.1, -0.05) is 6.92 Å². The SMILES string of the molecule is CCCC(=O)NC[C@H]1[C@H]2C[C@H](CN(CCn3nccc3C)C2)[C@@H]2CCCC(=O)N21. The first-order chi connectivity index (χ1) is 14.1. The van der Waals surface area contributed by atoms with Gasteiger partial charge in [0.15, 0.2) is 0 Å². The summed E-state index contributed by atoms with van der Waals surface area (Å²) < 4.78 is 2.07. The number of hydrogen-bond acceptors (Lipinski definition) is 4. The zero-order valence-electron chi connectivity index (χ0n) is 17.8. The molecule has 0 aliphatic carbocycles. The number of carbonyl (C=O) groups is 2. The van der Waals surface area contributed by atoms with E-state index in [0.29, 0.717) is 43.2 Å². The Morgan fingerprint density at radius 3 is 2.86 bits per heavy atom. The summed E-state index contributed by atoms with van der Waals surface area (Å²) in [5.41, 5.74) is 1.20. The highest BCUT2D eigenvalue weighted by atomic mass is 16.2. The van der Waals surface area contributed by atoms with Gasteiger partial charge in [0.1, 0.15) is 0 Å². The number of carbonyl (C=O) groups excluding carboxylic acids is 2. The highest BCUT2D eigenvalue weighted by molar-refractivity contribution is 5.78. The van der Waals surface area contributed by atoms with Gasteiger partial charge in [-0.3, -0.25) is 14.3 Å². The standard InChI is InChI=1S/C22H35N5O2/c1-3-5-21(28)23-13-20-18-12-17(19-6-4-7-22(29)27(19)20)14-25(15-18)10-11-26-16(2)8-9-24-26/h8-9,17-20H,3-7,10-15H2,1-2H3,(H,23,28)/t17-,18+,19+,20+/m1/s1. The van der Waals surface area contributed by atoms with E-state index >= 15 is 0 Å². The molecule has 29 heavy (non-hydrogen) atoms. The molecule has 0 unspecified atom stereocenters. The molecule has 1 aromatic heterocycles. The maximum Gasteiger partial charge on any atom is 0.223 e. The smallest absolute Gasteiger partial charge is 0.223 e. The van der Waals surface area contributed by atoms with Crippen LogP contribution in [0.1, 0.15) is 51.1 Å². The first-order valence-electron chi connectivity index (χ1n) is 11.4. The van der Waals surface area contributed by atoms with Crippen molar-refractivity contribution in [1.29, 1.82) is 0 Å². The van der Waals surface area contributed by atoms with Crippen molar-refractivity contribution >= 4 is 11.8 Å². The van der Waals surface area contributed by atoms with E-state index < -0.39 is 0 Å². The zero-order valence-corrected chi connectivity index (χ0v) is 17.8. The van der Waals surface area contributed by atoms with Gasteiger partial charge in [0.25, 0.3) is 0 Å². The number of aromatic nitrogens is 2. The van der Waals surface area contributed by atoms with Crippen molar-refractivity contribution < 1.29 is 9.59 Å². The summed E-state index contributed by atoms with van der Waals surface area (Å²) in [6.07, 6.45) is 7.23. The molecule has 0 radical (unpaired) electrons. The van der Waals surface area contributed by atoms with Crippen LogP contribution in [0.2, 0.25) is 0 Å². The van der Waals surface area contributed by atoms with Gasteiger partial charge in [0, 0.05) is 57.0 Å². The topological polar surface area (TPSA) is 70.5 Å². The van der Waals surface area contributed by atoms with Crippen LogP contribution < -0.4 is 5.32 Å². The van der Waals surface area contributed by atoms with E-state index in [9.17, 15) is 9.59 Å². The van der Waals surface area contributed by atoms with Crippen LogP contribution in [0.15, 0.2) is 12.3 Å². The van der Waals surface area contributed by atoms with Crippen molar-refractivity contribution in [3.8, 4) is 0 Å². The lowest BCUT2D eigenvalue weighted by molar-refractivity contribution is -0.153. The minimum absolute atomic E-state index is 0.109. The Balaban J connectivity index is 1.46. The van der Waals surface area contributed by atoms with E-state index in [-0.39, 0.29) is 11.9 Å². The van der Waals surface area contributed by atoms with Gasteiger partial charge in [-0.15, -0.1) is 0 Å². The Morgan fingerprint density at radius 2 is 2.10 bits per heavy atom. The molecule has 7 nitrogen and oxygen atoms in total. The van der Waals surface area contributed by atoms with Gasteiger partial charge in [0.05, 0.1) is 12.6 Å². The molecule has 2 amide bonds. The van der Waals surface area contributed by atoms with Gasteiger partial charge in [-0.2, -0.15) is 5.10 Å². The number of hydrogen-bond donors (Lipinski definition) is 1. The second-order valence-electron chi connectivity index (χ2n) is 9.09. The van der Waals surface area contributed by atoms with Gasteiger partial charge in [-0.25, -0.2) is 0 Å². The van der Waals surface area contributed by atoms with Crippen molar-refractivity contribution in [3.63, 3.8) is 0 Å². The Hall–Kier alpha value is -1.89. The summed E-state index contributed by atoms with van der Waals surface area (Å²) in [6, 6.07) is 2.53. The average Bonchev–Trinajstić information content (AvgIpc) is 3.12. The normalized spacial score (nSPS) is 29.6. The minimum atomic E-state index is 0.109. The van der Waals surface area contributed by atoms with Crippen molar-refractivity contribution in [1.82, 2.24) is 24.9 Å². The third-order valence-corrected chi connectivity index (χ3v) is 7.11. The highest BCUT2D eigenvalue weighted by Gasteiger charge is 2.49. The van der Waals surface area contributed by atoms with Crippen LogP contribution >= 0.6 is 0 Å². The highest BCUT2D eigenvalue weighted by Crippen LogP contribution is 2.41. The number of nitrogens with one attached hydrogen (secondary N) is 1. The fourth-order valence-corrected chi connectivity index (χ4v) is 5.72. The number of fused-ring (bicyclic) bond motifs is 4. The molecule has 3 fully saturated rings. The van der Waals surface area contributed by atoms with E-state index in [4.69, 9.17) is 0 Å². The summed E-state index contributed by atoms with van der Waals surface area (Å²) in [6.45, 7) is 8.69. The molecule has 4 atom stereocenters. The van der Waals surface area contributed by atoms with Crippen LogP contribution in [-0.2, 0) is 16.1 Å². The first-order valence-corrected chi connectivity index (χ1v) is 11.4. The maximum absolute atomic E-state index is 12.8. The molecule has 0 saturated carbocycles. The van der Waals surface area contributed by atoms with E-state index in [1.54, 1.807) is 0 Å². The predicted molar refractivity (Wildman–Crippen MR) is 111 cm³/mol. The van der Waals surface area contributed by atoms with Crippen LogP contribution in [-0.4, -0.2) is 69.7 Å². The summed E-state index contributed by atoms with van der Waals surface area (Å²) in [7, 11) is 0. The van der Waals surface area contributed by atoms with E-state index in [2.05, 4.69) is 31.8 Å². The Labute approximate surface area is 173 Å². The summed E-state index contributed by atoms with van der Waals surface area (Å²) in [5, 5.41) is 7.54. The zero-order chi connectivity index (χ0) is 20.4. The van der Waals surface area contributed by atoms with Crippen molar-refractivity contribution in [3.05, 3.63) is 18.0 Å². The number of likely N-dealkylation sites (tertiary alicyclic amines) is 1. The number of piperidine rings is 3. The molecule has 160 valence electrons. The second kappa shape index (κ2) is 8.86. The predicted octanol–water partition coefficient (Wildman–Crippen LogP) is 1.81. The third kappa shape index (κ3) is 4.34. The van der Waals surface area contributed by atoms with Crippen LogP contribution in [0.4, 0.5) is 0 Å². The van der Waals surface area contributed by atoms with Crippen molar-refractivity contribution in [2.24, 2.45) is 11.8 Å². The van der Waals surface area contributed by atoms with Gasteiger partial charge >= 0.3 is 0 Å². The van der Waals surface area contributed by atoms with Crippen LogP contribution in [0, 0.1) is 18.8 Å². The molecule has 3 aliphatic heterocycles. The molecule has 0 spiro atoms. The molecule has 4 heterocycles. The Morgan fingerprint density at radius 1 is 1.28 bits per heavy atom. The fourth-order valence-electron chi connectivity index (χ4n) is 5.72. The number of aryl methyl sites for hydroxylation is 1. The van der Waals surface area contributed by atoms with Crippen molar-refractivity contribution in [2.45, 2.75) is 71.0 Å². The Kier molecular flexibility index (Phi) is 6.23. The molecular weight excluding hydrogens is 366 g/mol. The van der Waals surface area contributed by atoms with Crippen LogP contribution in [0.25, 0.3) is 0 Å². The van der Waals surface area contributed by atoms with Crippen LogP contribution in [0.3, 0.4) is 0 Å². The van der Waals surface area contributed by atoms with E-state index in [0.717, 1.165) is 45.4 Å².